The van der Waals surface area contributed by atoms with Gasteiger partial charge in [0.15, 0.2) is 0 Å². The quantitative estimate of drug-likeness (QED) is 0.652. The smallest absolute Gasteiger partial charge is 0.241 e. The van der Waals surface area contributed by atoms with E-state index >= 15 is 0 Å². The highest BCUT2D eigenvalue weighted by atomic mass is 35.5. The number of nitrogens with one attached hydrogen (secondary N) is 2. The number of benzene rings is 1. The Morgan fingerprint density at radius 3 is 2.69 bits per heavy atom. The van der Waals surface area contributed by atoms with E-state index in [1.165, 1.54) is 32.2 Å². The van der Waals surface area contributed by atoms with Crippen molar-refractivity contribution in [2.45, 2.75) is 17.9 Å². The number of amides is 1. The van der Waals surface area contributed by atoms with Gasteiger partial charge in [-0.2, -0.15) is 4.72 Å². The molecule has 8 nitrogen and oxygen atoms in total. The zero-order valence-electron chi connectivity index (χ0n) is 14.8. The lowest BCUT2D eigenvalue weighted by molar-refractivity contribution is -0.122. The first-order valence-electron chi connectivity index (χ1n) is 8.27. The first-order valence-corrected chi connectivity index (χ1v) is 10.1. The zero-order chi connectivity index (χ0) is 19.2. The van der Waals surface area contributed by atoms with Crippen LogP contribution in [-0.2, 0) is 19.6 Å². The van der Waals surface area contributed by atoms with E-state index in [1.54, 1.807) is 0 Å². The lowest BCUT2D eigenvalue weighted by Gasteiger charge is -2.26. The van der Waals surface area contributed by atoms with Crippen molar-refractivity contribution in [3.63, 3.8) is 0 Å². The number of sulfonamides is 1. The summed E-state index contributed by atoms with van der Waals surface area (Å²) >= 11 is 5.97. The second-order valence-electron chi connectivity index (χ2n) is 5.88. The molecule has 146 valence electrons. The zero-order valence-corrected chi connectivity index (χ0v) is 16.4. The van der Waals surface area contributed by atoms with Gasteiger partial charge in [0.05, 0.1) is 36.3 Å². The highest BCUT2D eigenvalue weighted by molar-refractivity contribution is 7.89. The Morgan fingerprint density at radius 1 is 1.38 bits per heavy atom. The molecule has 2 rings (SSSR count). The van der Waals surface area contributed by atoms with Gasteiger partial charge in [0, 0.05) is 26.2 Å². The minimum Gasteiger partial charge on any atom is -0.495 e. The van der Waals surface area contributed by atoms with Crippen LogP contribution in [0.1, 0.15) is 6.92 Å². The van der Waals surface area contributed by atoms with Gasteiger partial charge in [0.25, 0.3) is 0 Å². The third-order valence-electron chi connectivity index (χ3n) is 3.99. The molecule has 1 heterocycles. The minimum absolute atomic E-state index is 0.0312. The Morgan fingerprint density at radius 2 is 2.08 bits per heavy atom. The first-order chi connectivity index (χ1) is 12.3. The normalized spacial score (nSPS) is 16.9. The first kappa shape index (κ1) is 20.9. The number of nitrogens with zero attached hydrogens (tertiary/aromatic N) is 1. The summed E-state index contributed by atoms with van der Waals surface area (Å²) in [7, 11) is -2.43. The summed E-state index contributed by atoms with van der Waals surface area (Å²) in [4.78, 5) is 14.3. The summed E-state index contributed by atoms with van der Waals surface area (Å²) in [5, 5.41) is 2.92. The molecule has 0 spiro atoms. The SMILES string of the molecule is COc1ccc(S(=O)(=O)N[C@@H](C)C(=O)NCCN2CCOCC2)cc1Cl. The number of carbonyl (C=O) groups is 1. The maximum Gasteiger partial charge on any atom is 0.241 e. The Labute approximate surface area is 158 Å². The molecule has 1 amide bonds. The van der Waals surface area contributed by atoms with E-state index in [1.807, 2.05) is 0 Å². The van der Waals surface area contributed by atoms with Crippen LogP contribution in [0.25, 0.3) is 0 Å². The number of rotatable bonds is 8. The van der Waals surface area contributed by atoms with Gasteiger partial charge in [-0.05, 0) is 25.1 Å². The Bertz CT molecular complexity index is 723. The molecule has 0 aliphatic carbocycles. The van der Waals surface area contributed by atoms with Crippen LogP contribution in [0.15, 0.2) is 23.1 Å². The Balaban J connectivity index is 1.87. The lowest BCUT2D eigenvalue weighted by Crippen LogP contribution is -2.47. The van der Waals surface area contributed by atoms with Crippen LogP contribution in [-0.4, -0.2) is 71.8 Å². The van der Waals surface area contributed by atoms with Crippen LogP contribution in [0.5, 0.6) is 5.75 Å². The maximum absolute atomic E-state index is 12.4. The fraction of sp³-hybridized carbons (Fsp3) is 0.562. The van der Waals surface area contributed by atoms with Gasteiger partial charge in [0.2, 0.25) is 15.9 Å². The number of halogens is 1. The fourth-order valence-electron chi connectivity index (χ4n) is 2.48. The molecule has 1 aliphatic rings. The number of methoxy groups -OCH3 is 1. The molecule has 0 aromatic heterocycles. The molecular formula is C16H24ClN3O5S. The third-order valence-corrected chi connectivity index (χ3v) is 5.82. The van der Waals surface area contributed by atoms with Gasteiger partial charge in [-0.25, -0.2) is 8.42 Å². The fourth-order valence-corrected chi connectivity index (χ4v) is 4.03. The number of morpholine rings is 1. The predicted molar refractivity (Wildman–Crippen MR) is 98.1 cm³/mol. The molecule has 26 heavy (non-hydrogen) atoms. The van der Waals surface area contributed by atoms with Crippen molar-refractivity contribution in [3.8, 4) is 5.75 Å². The summed E-state index contributed by atoms with van der Waals surface area (Å²) in [6, 6.07) is 3.21. The van der Waals surface area contributed by atoms with Crippen molar-refractivity contribution < 1.29 is 22.7 Å². The maximum atomic E-state index is 12.4. The van der Waals surface area contributed by atoms with Crippen LogP contribution in [0.2, 0.25) is 5.02 Å². The van der Waals surface area contributed by atoms with E-state index in [2.05, 4.69) is 14.9 Å². The molecule has 1 aromatic carbocycles. The standard InChI is InChI=1S/C16H24ClN3O5S/c1-12(16(21)18-5-6-20-7-9-25-10-8-20)19-26(22,23)13-3-4-15(24-2)14(17)11-13/h3-4,11-12,19H,5-10H2,1-2H3,(H,18,21)/t12-/m0/s1. The number of hydrogen-bond donors (Lipinski definition) is 2. The summed E-state index contributed by atoms with van der Waals surface area (Å²) in [5.74, 6) is -0.0130. The van der Waals surface area contributed by atoms with E-state index in [0.29, 0.717) is 32.1 Å². The van der Waals surface area contributed by atoms with Gasteiger partial charge in [-0.15, -0.1) is 0 Å². The van der Waals surface area contributed by atoms with Crippen molar-refractivity contribution >= 4 is 27.5 Å². The molecule has 0 radical (unpaired) electrons. The molecule has 1 aliphatic heterocycles. The molecule has 0 bridgehead atoms. The topological polar surface area (TPSA) is 97.0 Å². The van der Waals surface area contributed by atoms with Crippen LogP contribution in [0.3, 0.4) is 0 Å². The van der Waals surface area contributed by atoms with Gasteiger partial charge in [0.1, 0.15) is 5.75 Å². The van der Waals surface area contributed by atoms with Crippen molar-refractivity contribution in [1.82, 2.24) is 14.9 Å². The molecule has 1 fully saturated rings. The highest BCUT2D eigenvalue weighted by Gasteiger charge is 2.23. The molecule has 0 unspecified atom stereocenters. The van der Waals surface area contributed by atoms with Crippen LogP contribution in [0, 0.1) is 0 Å². The Kier molecular flexibility index (Phi) is 7.66. The molecule has 1 saturated heterocycles. The van der Waals surface area contributed by atoms with Gasteiger partial charge in [-0.3, -0.25) is 9.69 Å². The summed E-state index contributed by atoms with van der Waals surface area (Å²) in [6.45, 7) is 5.67. The molecular weight excluding hydrogens is 382 g/mol. The van der Waals surface area contributed by atoms with E-state index in [9.17, 15) is 13.2 Å². The van der Waals surface area contributed by atoms with E-state index in [-0.39, 0.29) is 15.8 Å². The van der Waals surface area contributed by atoms with Gasteiger partial charge >= 0.3 is 0 Å². The van der Waals surface area contributed by atoms with Crippen LogP contribution < -0.4 is 14.8 Å². The molecule has 1 atom stereocenters. The average molecular weight is 406 g/mol. The van der Waals surface area contributed by atoms with E-state index < -0.39 is 16.1 Å². The summed E-state index contributed by atoms with van der Waals surface area (Å²) in [5.41, 5.74) is 0. The number of ether oxygens (including phenoxy) is 2. The highest BCUT2D eigenvalue weighted by Crippen LogP contribution is 2.26. The van der Waals surface area contributed by atoms with Crippen molar-refractivity contribution in [3.05, 3.63) is 23.2 Å². The second-order valence-corrected chi connectivity index (χ2v) is 8.01. The van der Waals surface area contributed by atoms with Crippen LogP contribution >= 0.6 is 11.6 Å². The molecule has 2 N–H and O–H groups in total. The Hall–Kier alpha value is -1.39. The van der Waals surface area contributed by atoms with Crippen molar-refractivity contribution in [2.24, 2.45) is 0 Å². The van der Waals surface area contributed by atoms with Gasteiger partial charge in [-0.1, -0.05) is 11.6 Å². The minimum atomic E-state index is -3.88. The van der Waals surface area contributed by atoms with Crippen molar-refractivity contribution in [2.75, 3.05) is 46.5 Å². The number of hydrogen-bond acceptors (Lipinski definition) is 6. The largest absolute Gasteiger partial charge is 0.495 e. The second kappa shape index (κ2) is 9.52. The monoisotopic (exact) mass is 405 g/mol. The summed E-state index contributed by atoms with van der Waals surface area (Å²) in [6.07, 6.45) is 0. The predicted octanol–water partition coefficient (Wildman–Crippen LogP) is 0.464. The third kappa shape index (κ3) is 5.82. The van der Waals surface area contributed by atoms with E-state index in [0.717, 1.165) is 13.1 Å². The number of carbonyl (C=O) groups excluding carboxylic acids is 1. The van der Waals surface area contributed by atoms with E-state index in [4.69, 9.17) is 21.1 Å². The molecule has 1 aromatic rings. The van der Waals surface area contributed by atoms with Crippen molar-refractivity contribution in [1.29, 1.82) is 0 Å². The average Bonchev–Trinajstić information content (AvgIpc) is 2.62. The lowest BCUT2D eigenvalue weighted by atomic mass is 10.3. The molecule has 10 heteroatoms. The van der Waals surface area contributed by atoms with Crippen LogP contribution in [0.4, 0.5) is 0 Å². The molecule has 0 saturated carbocycles. The summed E-state index contributed by atoms with van der Waals surface area (Å²) < 4.78 is 37.4. The van der Waals surface area contributed by atoms with Gasteiger partial charge < -0.3 is 14.8 Å².